The lowest BCUT2D eigenvalue weighted by Gasteiger charge is -2.13. The number of aliphatic hydroxyl groups is 1. The molecular formula is C24H36N4O2S. The average Bonchev–Trinajstić information content (AvgIpc) is 3.11. The van der Waals surface area contributed by atoms with Crippen LogP contribution in [0.25, 0.3) is 0 Å². The number of nitrogens with one attached hydrogen (secondary N) is 2. The van der Waals surface area contributed by atoms with E-state index in [-0.39, 0.29) is 25.8 Å². The Balaban J connectivity index is 0.00000900. The van der Waals surface area contributed by atoms with E-state index in [9.17, 15) is 9.90 Å². The molecule has 0 fully saturated rings. The van der Waals surface area contributed by atoms with Crippen molar-refractivity contribution in [3.05, 3.63) is 84.5 Å². The fraction of sp³-hybridized carbons (Fsp3) is 0.333. The molecule has 1 rings (SSSR count). The average molecular weight is 445 g/mol. The second kappa shape index (κ2) is 16.0. The standard InChI is InChI=1S/C23H32N4O2S.CH4/c1-5-8-18(12-13-25-15-21(28)19(7-3)9-6-2)11-10-17(4)26-22(29)14-20-16-30-23(24)27-20;/h5-11,16-17,21,25,28H,1-3,12-15H2,4H3,(H2,24,27)(H,26,29);1H4/b11-10-,18-8+,19-9+;. The number of allylic oxidation sites excluding steroid dienone is 5. The number of nitrogens with two attached hydrogens (primary N) is 1. The van der Waals surface area contributed by atoms with Gasteiger partial charge >= 0.3 is 0 Å². The van der Waals surface area contributed by atoms with E-state index in [2.05, 4.69) is 35.4 Å². The first kappa shape index (κ1) is 28.3. The van der Waals surface area contributed by atoms with Crippen LogP contribution in [0.15, 0.2) is 78.8 Å². The van der Waals surface area contributed by atoms with Gasteiger partial charge in [0.2, 0.25) is 5.91 Å². The van der Waals surface area contributed by atoms with Crippen molar-refractivity contribution >= 4 is 22.4 Å². The van der Waals surface area contributed by atoms with Gasteiger partial charge in [0.25, 0.3) is 0 Å². The molecule has 0 saturated heterocycles. The molecule has 1 heterocycles. The van der Waals surface area contributed by atoms with Crippen molar-refractivity contribution < 1.29 is 9.90 Å². The van der Waals surface area contributed by atoms with Crippen LogP contribution < -0.4 is 16.4 Å². The molecule has 2 unspecified atom stereocenters. The Kier molecular flexibility index (Phi) is 14.6. The Morgan fingerprint density at radius 2 is 2.03 bits per heavy atom. The summed E-state index contributed by atoms with van der Waals surface area (Å²) >= 11 is 1.32. The highest BCUT2D eigenvalue weighted by Crippen LogP contribution is 2.11. The summed E-state index contributed by atoms with van der Waals surface area (Å²) < 4.78 is 0. The molecule has 0 bridgehead atoms. The van der Waals surface area contributed by atoms with Crippen LogP contribution in [0.5, 0.6) is 0 Å². The summed E-state index contributed by atoms with van der Waals surface area (Å²) in [6, 6.07) is -0.129. The highest BCUT2D eigenvalue weighted by molar-refractivity contribution is 7.13. The van der Waals surface area contributed by atoms with E-state index >= 15 is 0 Å². The molecule has 0 radical (unpaired) electrons. The predicted molar refractivity (Wildman–Crippen MR) is 134 cm³/mol. The Morgan fingerprint density at radius 1 is 1.32 bits per heavy atom. The Morgan fingerprint density at radius 3 is 2.61 bits per heavy atom. The van der Waals surface area contributed by atoms with Crippen LogP contribution in [0, 0.1) is 0 Å². The monoisotopic (exact) mass is 444 g/mol. The van der Waals surface area contributed by atoms with Crippen molar-refractivity contribution in [3.8, 4) is 0 Å². The van der Waals surface area contributed by atoms with Crippen molar-refractivity contribution in [2.75, 3.05) is 18.8 Å². The van der Waals surface area contributed by atoms with Gasteiger partial charge in [0.15, 0.2) is 5.13 Å². The molecule has 6 nitrogen and oxygen atoms in total. The first-order chi connectivity index (χ1) is 14.4. The minimum absolute atomic E-state index is 0. The van der Waals surface area contributed by atoms with Crippen LogP contribution in [0.1, 0.15) is 26.5 Å². The van der Waals surface area contributed by atoms with Gasteiger partial charge in [-0.3, -0.25) is 4.79 Å². The zero-order valence-electron chi connectivity index (χ0n) is 17.5. The number of carbonyl (C=O) groups excluding carboxylic acids is 1. The normalized spacial score (nSPS) is 13.9. The molecule has 2 atom stereocenters. The molecule has 0 aliphatic carbocycles. The summed E-state index contributed by atoms with van der Waals surface area (Å²) in [6.07, 6.45) is 12.9. The first-order valence-electron chi connectivity index (χ1n) is 9.72. The fourth-order valence-electron chi connectivity index (χ4n) is 2.60. The number of anilines is 1. The quantitative estimate of drug-likeness (QED) is 0.259. The van der Waals surface area contributed by atoms with Crippen molar-refractivity contribution in [2.45, 2.75) is 39.3 Å². The SMILES string of the molecule is C.C=C/C=C(\C=C/C(C)NC(=O)Cc1csc(N)n1)CCNCC(O)/C(C=C)=C/C=C. The number of carbonyl (C=O) groups is 1. The molecule has 1 aromatic heterocycles. The number of amides is 1. The summed E-state index contributed by atoms with van der Waals surface area (Å²) in [5.41, 5.74) is 8.05. The Labute approximate surface area is 190 Å². The summed E-state index contributed by atoms with van der Waals surface area (Å²) in [5.74, 6) is -0.104. The number of nitrogens with zero attached hydrogens (tertiary/aromatic N) is 1. The lowest BCUT2D eigenvalue weighted by Crippen LogP contribution is -2.32. The van der Waals surface area contributed by atoms with Crippen molar-refractivity contribution in [1.29, 1.82) is 0 Å². The van der Waals surface area contributed by atoms with E-state index in [1.165, 1.54) is 11.3 Å². The number of thiazole rings is 1. The first-order valence-corrected chi connectivity index (χ1v) is 10.6. The second-order valence-corrected chi connectivity index (χ2v) is 7.51. The van der Waals surface area contributed by atoms with Gasteiger partial charge in [0, 0.05) is 18.0 Å². The van der Waals surface area contributed by atoms with Gasteiger partial charge in [-0.25, -0.2) is 4.98 Å². The summed E-state index contributed by atoms with van der Waals surface area (Å²) in [7, 11) is 0. The van der Waals surface area contributed by atoms with E-state index in [0.29, 0.717) is 23.9 Å². The van der Waals surface area contributed by atoms with Crippen LogP contribution in [0.2, 0.25) is 0 Å². The highest BCUT2D eigenvalue weighted by Gasteiger charge is 2.09. The van der Waals surface area contributed by atoms with Crippen LogP contribution in [0.3, 0.4) is 0 Å². The van der Waals surface area contributed by atoms with Gasteiger partial charge in [-0.1, -0.05) is 69.7 Å². The lowest BCUT2D eigenvalue weighted by atomic mass is 10.1. The van der Waals surface area contributed by atoms with Gasteiger partial charge in [-0.15, -0.1) is 11.3 Å². The molecule has 0 aliphatic rings. The largest absolute Gasteiger partial charge is 0.387 e. The van der Waals surface area contributed by atoms with Crippen LogP contribution in [0.4, 0.5) is 5.13 Å². The number of aromatic nitrogens is 1. The summed E-state index contributed by atoms with van der Waals surface area (Å²) in [5, 5.41) is 18.5. The maximum absolute atomic E-state index is 12.1. The zero-order chi connectivity index (χ0) is 22.4. The number of nitrogen functional groups attached to an aromatic ring is 1. The maximum atomic E-state index is 12.1. The third-order valence-electron chi connectivity index (χ3n) is 4.09. The number of hydrogen-bond donors (Lipinski definition) is 4. The molecule has 7 heteroatoms. The smallest absolute Gasteiger partial charge is 0.226 e. The minimum Gasteiger partial charge on any atom is -0.387 e. The number of aliphatic hydroxyl groups excluding tert-OH is 1. The van der Waals surface area contributed by atoms with Crippen molar-refractivity contribution in [2.24, 2.45) is 0 Å². The summed E-state index contributed by atoms with van der Waals surface area (Å²) in [6.45, 7) is 14.1. The summed E-state index contributed by atoms with van der Waals surface area (Å²) in [4.78, 5) is 16.2. The molecule has 0 aliphatic heterocycles. The molecule has 1 amide bonds. The highest BCUT2D eigenvalue weighted by atomic mass is 32.1. The van der Waals surface area contributed by atoms with Gasteiger partial charge in [0.1, 0.15) is 0 Å². The Bertz CT molecular complexity index is 808. The molecule has 31 heavy (non-hydrogen) atoms. The van der Waals surface area contributed by atoms with Gasteiger partial charge in [-0.2, -0.15) is 0 Å². The molecule has 0 saturated carbocycles. The van der Waals surface area contributed by atoms with E-state index in [1.807, 2.05) is 25.2 Å². The van der Waals surface area contributed by atoms with Crippen LogP contribution in [-0.4, -0.2) is 41.2 Å². The van der Waals surface area contributed by atoms with E-state index in [1.54, 1.807) is 29.7 Å². The van der Waals surface area contributed by atoms with Crippen molar-refractivity contribution in [3.63, 3.8) is 0 Å². The molecule has 0 aromatic carbocycles. The topological polar surface area (TPSA) is 100 Å². The molecule has 170 valence electrons. The van der Waals surface area contributed by atoms with Gasteiger partial charge < -0.3 is 21.5 Å². The predicted octanol–water partition coefficient (Wildman–Crippen LogP) is 3.72. The fourth-order valence-corrected chi connectivity index (χ4v) is 3.17. The lowest BCUT2D eigenvalue weighted by molar-refractivity contribution is -0.120. The molecule has 5 N–H and O–H groups in total. The van der Waals surface area contributed by atoms with E-state index in [4.69, 9.17) is 5.73 Å². The third-order valence-corrected chi connectivity index (χ3v) is 4.81. The molecule has 1 aromatic rings. The van der Waals surface area contributed by atoms with Crippen molar-refractivity contribution in [1.82, 2.24) is 15.6 Å². The van der Waals surface area contributed by atoms with E-state index < -0.39 is 6.10 Å². The van der Waals surface area contributed by atoms with Gasteiger partial charge in [0.05, 0.1) is 18.2 Å². The van der Waals surface area contributed by atoms with Gasteiger partial charge in [-0.05, 0) is 31.0 Å². The second-order valence-electron chi connectivity index (χ2n) is 6.62. The molecular weight excluding hydrogens is 408 g/mol. The van der Waals surface area contributed by atoms with Crippen LogP contribution in [-0.2, 0) is 11.2 Å². The zero-order valence-corrected chi connectivity index (χ0v) is 18.3. The van der Waals surface area contributed by atoms with Crippen LogP contribution >= 0.6 is 11.3 Å². The molecule has 0 spiro atoms. The Hall–Kier alpha value is -2.74. The van der Waals surface area contributed by atoms with E-state index in [0.717, 1.165) is 17.6 Å². The minimum atomic E-state index is -0.633. The number of rotatable bonds is 14. The third kappa shape index (κ3) is 11.9. The number of hydrogen-bond acceptors (Lipinski definition) is 6. The maximum Gasteiger partial charge on any atom is 0.226 e.